The van der Waals surface area contributed by atoms with E-state index in [0.29, 0.717) is 35.9 Å². The minimum atomic E-state index is -2.71. The standard InChI is InChI=1S/C20H22F2N6O2/c1-11-4-5-27(19(29)13-6-12(2)25-17(7-13)30-3)9-14(11)16-8-15(18(21)22)26-20-23-10-24-28(16)20/h6-8,10-11,14,18H,4-5,9H2,1-3H3/t11?,14-/m1/s1. The zero-order valence-electron chi connectivity index (χ0n) is 16.9. The van der Waals surface area contributed by atoms with Gasteiger partial charge in [0.25, 0.3) is 18.1 Å². The Balaban J connectivity index is 1.68. The molecule has 1 saturated heterocycles. The number of hydrogen-bond acceptors (Lipinski definition) is 6. The van der Waals surface area contributed by atoms with Crippen LogP contribution in [0.25, 0.3) is 5.78 Å². The molecule has 2 atom stereocenters. The number of alkyl halides is 2. The second-order valence-electron chi connectivity index (χ2n) is 7.54. The number of methoxy groups -OCH3 is 1. The summed E-state index contributed by atoms with van der Waals surface area (Å²) in [6.45, 7) is 4.81. The molecule has 30 heavy (non-hydrogen) atoms. The summed E-state index contributed by atoms with van der Waals surface area (Å²) in [5.41, 5.74) is 1.41. The van der Waals surface area contributed by atoms with Gasteiger partial charge in [-0.1, -0.05) is 6.92 Å². The van der Waals surface area contributed by atoms with Crippen molar-refractivity contribution >= 4 is 11.7 Å². The molecule has 0 N–H and O–H groups in total. The summed E-state index contributed by atoms with van der Waals surface area (Å²) in [6.07, 6.45) is -0.682. The van der Waals surface area contributed by atoms with Crippen LogP contribution in [0.5, 0.6) is 5.88 Å². The highest BCUT2D eigenvalue weighted by Gasteiger charge is 2.33. The number of nitrogens with zero attached hydrogens (tertiary/aromatic N) is 6. The third-order valence-corrected chi connectivity index (χ3v) is 5.53. The quantitative estimate of drug-likeness (QED) is 0.650. The molecular formula is C20H22F2N6O2. The zero-order valence-corrected chi connectivity index (χ0v) is 16.9. The monoisotopic (exact) mass is 416 g/mol. The highest BCUT2D eigenvalue weighted by Crippen LogP contribution is 2.34. The fourth-order valence-corrected chi connectivity index (χ4v) is 3.92. The predicted molar refractivity (Wildman–Crippen MR) is 104 cm³/mol. The van der Waals surface area contributed by atoms with Gasteiger partial charge in [0.05, 0.1) is 12.8 Å². The number of piperidine rings is 1. The van der Waals surface area contributed by atoms with Crippen molar-refractivity contribution < 1.29 is 18.3 Å². The van der Waals surface area contributed by atoms with Crippen molar-refractivity contribution in [1.82, 2.24) is 29.5 Å². The maximum Gasteiger partial charge on any atom is 0.280 e. The molecule has 0 saturated carbocycles. The first-order valence-electron chi connectivity index (χ1n) is 9.68. The van der Waals surface area contributed by atoms with Gasteiger partial charge in [0, 0.05) is 36.3 Å². The van der Waals surface area contributed by atoms with Gasteiger partial charge in [-0.2, -0.15) is 10.1 Å². The van der Waals surface area contributed by atoms with E-state index in [-0.39, 0.29) is 29.2 Å². The van der Waals surface area contributed by atoms with Crippen LogP contribution in [0.1, 0.15) is 53.1 Å². The number of hydrogen-bond donors (Lipinski definition) is 0. The smallest absolute Gasteiger partial charge is 0.280 e. The second-order valence-corrected chi connectivity index (χ2v) is 7.54. The second kappa shape index (κ2) is 7.92. The Morgan fingerprint density at radius 1 is 1.27 bits per heavy atom. The number of likely N-dealkylation sites (tertiary alicyclic amines) is 1. The summed E-state index contributed by atoms with van der Waals surface area (Å²) in [7, 11) is 1.50. The van der Waals surface area contributed by atoms with Crippen LogP contribution < -0.4 is 4.74 Å². The van der Waals surface area contributed by atoms with Crippen molar-refractivity contribution in [1.29, 1.82) is 0 Å². The van der Waals surface area contributed by atoms with E-state index in [2.05, 4.69) is 27.0 Å². The van der Waals surface area contributed by atoms with Crippen molar-refractivity contribution in [2.75, 3.05) is 20.2 Å². The number of aromatic nitrogens is 5. The van der Waals surface area contributed by atoms with E-state index in [9.17, 15) is 13.6 Å². The number of pyridine rings is 1. The van der Waals surface area contributed by atoms with E-state index in [1.807, 2.05) is 0 Å². The van der Waals surface area contributed by atoms with Crippen LogP contribution in [0.3, 0.4) is 0 Å². The number of halogens is 2. The Labute approximate surface area is 171 Å². The van der Waals surface area contributed by atoms with E-state index >= 15 is 0 Å². The number of aryl methyl sites for hydroxylation is 1. The van der Waals surface area contributed by atoms with Crippen molar-refractivity contribution in [2.24, 2.45) is 5.92 Å². The summed E-state index contributed by atoms with van der Waals surface area (Å²) >= 11 is 0. The topological polar surface area (TPSA) is 85.5 Å². The van der Waals surface area contributed by atoms with E-state index in [1.54, 1.807) is 24.0 Å². The van der Waals surface area contributed by atoms with Crippen LogP contribution in [0.4, 0.5) is 8.78 Å². The van der Waals surface area contributed by atoms with Gasteiger partial charge in [-0.15, -0.1) is 0 Å². The third kappa shape index (κ3) is 3.69. The van der Waals surface area contributed by atoms with Gasteiger partial charge in [-0.05, 0) is 31.4 Å². The molecule has 0 bridgehead atoms. The number of carbonyl (C=O) groups is 1. The Morgan fingerprint density at radius 2 is 2.07 bits per heavy atom. The lowest BCUT2D eigenvalue weighted by Gasteiger charge is -2.37. The molecule has 1 fully saturated rings. The van der Waals surface area contributed by atoms with Crippen molar-refractivity contribution in [3.05, 3.63) is 47.2 Å². The molecule has 0 aliphatic carbocycles. The summed E-state index contributed by atoms with van der Waals surface area (Å²) in [6, 6.07) is 4.70. The summed E-state index contributed by atoms with van der Waals surface area (Å²) < 4.78 is 33.4. The average Bonchev–Trinajstić information content (AvgIpc) is 3.21. The largest absolute Gasteiger partial charge is 0.481 e. The van der Waals surface area contributed by atoms with Gasteiger partial charge < -0.3 is 9.64 Å². The van der Waals surface area contributed by atoms with Crippen LogP contribution >= 0.6 is 0 Å². The fourth-order valence-electron chi connectivity index (χ4n) is 3.92. The first-order chi connectivity index (χ1) is 14.4. The molecule has 1 aliphatic heterocycles. The Hall–Kier alpha value is -3.17. The molecule has 10 heteroatoms. The van der Waals surface area contributed by atoms with Gasteiger partial charge in [0.15, 0.2) is 0 Å². The number of amides is 1. The van der Waals surface area contributed by atoms with Crippen LogP contribution in [0, 0.1) is 12.8 Å². The van der Waals surface area contributed by atoms with Gasteiger partial charge in [0.2, 0.25) is 5.88 Å². The minimum absolute atomic E-state index is 0.132. The molecule has 4 heterocycles. The zero-order chi connectivity index (χ0) is 21.4. The first kappa shape index (κ1) is 20.1. The highest BCUT2D eigenvalue weighted by atomic mass is 19.3. The van der Waals surface area contributed by atoms with Gasteiger partial charge in [-0.3, -0.25) is 4.79 Å². The van der Waals surface area contributed by atoms with Crippen LogP contribution in [-0.4, -0.2) is 55.6 Å². The molecule has 8 nitrogen and oxygen atoms in total. The third-order valence-electron chi connectivity index (χ3n) is 5.53. The highest BCUT2D eigenvalue weighted by molar-refractivity contribution is 5.94. The molecule has 3 aromatic rings. The lowest BCUT2D eigenvalue weighted by molar-refractivity contribution is 0.0664. The SMILES string of the molecule is COc1cc(C(=O)N2CCC(C)[C@H](c3cc(C(F)F)nc4ncnn34)C2)cc(C)n1. The molecule has 1 unspecified atom stereocenters. The number of carbonyl (C=O) groups excluding carboxylic acids is 1. The summed E-state index contributed by atoms with van der Waals surface area (Å²) in [4.78, 5) is 27.0. The number of ether oxygens (including phenoxy) is 1. The van der Waals surface area contributed by atoms with Gasteiger partial charge in [-0.25, -0.2) is 23.3 Å². The van der Waals surface area contributed by atoms with Crippen molar-refractivity contribution in [3.8, 4) is 5.88 Å². The van der Waals surface area contributed by atoms with E-state index in [1.165, 1.54) is 24.0 Å². The first-order valence-corrected chi connectivity index (χ1v) is 9.68. The van der Waals surface area contributed by atoms with Gasteiger partial charge in [0.1, 0.15) is 12.0 Å². The van der Waals surface area contributed by atoms with E-state index in [4.69, 9.17) is 4.74 Å². The molecule has 1 aliphatic rings. The lowest BCUT2D eigenvalue weighted by atomic mass is 9.84. The van der Waals surface area contributed by atoms with Crippen LogP contribution in [0.2, 0.25) is 0 Å². The normalized spacial score (nSPS) is 19.5. The van der Waals surface area contributed by atoms with Crippen molar-refractivity contribution in [3.63, 3.8) is 0 Å². The lowest BCUT2D eigenvalue weighted by Crippen LogP contribution is -2.42. The molecular weight excluding hydrogens is 394 g/mol. The van der Waals surface area contributed by atoms with Crippen LogP contribution in [0.15, 0.2) is 24.5 Å². The van der Waals surface area contributed by atoms with Crippen LogP contribution in [-0.2, 0) is 0 Å². The Bertz CT molecular complexity index is 1090. The van der Waals surface area contributed by atoms with E-state index in [0.717, 1.165) is 6.42 Å². The summed E-state index contributed by atoms with van der Waals surface area (Å²) in [5.74, 6) is 0.349. The molecule has 0 spiro atoms. The summed E-state index contributed by atoms with van der Waals surface area (Å²) in [5, 5.41) is 4.16. The van der Waals surface area contributed by atoms with E-state index < -0.39 is 6.43 Å². The predicted octanol–water partition coefficient (Wildman–Crippen LogP) is 3.04. The Morgan fingerprint density at radius 3 is 2.80 bits per heavy atom. The van der Waals surface area contributed by atoms with Crippen molar-refractivity contribution in [2.45, 2.75) is 32.6 Å². The number of rotatable bonds is 4. The molecule has 158 valence electrons. The van der Waals surface area contributed by atoms with Gasteiger partial charge >= 0.3 is 0 Å². The molecule has 4 rings (SSSR count). The fraction of sp³-hybridized carbons (Fsp3) is 0.450. The number of fused-ring (bicyclic) bond motifs is 1. The minimum Gasteiger partial charge on any atom is -0.481 e. The molecule has 0 radical (unpaired) electrons. The Kier molecular flexibility index (Phi) is 5.31. The maximum absolute atomic E-state index is 13.4. The maximum atomic E-state index is 13.4. The molecule has 1 amide bonds. The molecule has 3 aromatic heterocycles. The average molecular weight is 416 g/mol. The molecule has 0 aromatic carbocycles.